The molecule has 16 heavy (non-hydrogen) atoms. The van der Waals surface area contributed by atoms with Gasteiger partial charge in [0.2, 0.25) is 0 Å². The van der Waals surface area contributed by atoms with Crippen LogP contribution in [-0.4, -0.2) is 5.78 Å². The van der Waals surface area contributed by atoms with Gasteiger partial charge in [0.15, 0.2) is 5.78 Å². The third-order valence-corrected chi connectivity index (χ3v) is 2.72. The fraction of sp³-hybridized carbons (Fsp3) is 0.462. The zero-order chi connectivity index (χ0) is 12.0. The summed E-state index contributed by atoms with van der Waals surface area (Å²) in [7, 11) is 0. The average Bonchev–Trinajstić information content (AvgIpc) is 2.27. The van der Waals surface area contributed by atoms with E-state index in [2.05, 4.69) is 6.92 Å². The first-order valence-corrected chi connectivity index (χ1v) is 6.01. The van der Waals surface area contributed by atoms with Gasteiger partial charge in [-0.3, -0.25) is 4.79 Å². The fourth-order valence-electron chi connectivity index (χ4n) is 1.56. The number of unbranched alkanes of at least 4 members (excludes halogenated alkanes) is 3. The number of benzene rings is 1. The molecule has 0 radical (unpaired) electrons. The Kier molecular flexibility index (Phi) is 5.47. The summed E-state index contributed by atoms with van der Waals surface area (Å²) in [6.45, 7) is 2.11. The molecule has 0 N–H and O–H groups in total. The summed E-state index contributed by atoms with van der Waals surface area (Å²) >= 11 is 5.73. The van der Waals surface area contributed by atoms with Gasteiger partial charge in [-0.15, -0.1) is 0 Å². The third kappa shape index (κ3) is 3.93. The lowest BCUT2D eigenvalue weighted by atomic mass is 10.0. The Hall–Kier alpha value is -0.890. The molecule has 0 aromatic heterocycles. The van der Waals surface area contributed by atoms with Crippen molar-refractivity contribution < 1.29 is 9.18 Å². The molecule has 1 aromatic carbocycles. The molecule has 1 aromatic rings. The smallest absolute Gasteiger partial charge is 0.165 e. The lowest BCUT2D eigenvalue weighted by molar-refractivity contribution is 0.0975. The minimum absolute atomic E-state index is 0.115. The molecule has 1 rings (SSSR count). The molecule has 0 fully saturated rings. The maximum absolute atomic E-state index is 13.3. The van der Waals surface area contributed by atoms with Crippen molar-refractivity contribution >= 4 is 17.4 Å². The number of carbonyl (C=O) groups is 1. The Morgan fingerprint density at radius 1 is 1.31 bits per heavy atom. The summed E-state index contributed by atoms with van der Waals surface area (Å²) in [5, 5.41) is 0.401. The maximum Gasteiger partial charge on any atom is 0.165 e. The predicted molar refractivity (Wildman–Crippen MR) is 64.5 cm³/mol. The molecule has 0 heterocycles. The van der Waals surface area contributed by atoms with Crippen molar-refractivity contribution in [3.63, 3.8) is 0 Å². The van der Waals surface area contributed by atoms with Gasteiger partial charge >= 0.3 is 0 Å². The standard InChI is InChI=1S/C13H16ClFO/c1-2-3-4-5-6-13(16)11-9-10(14)7-8-12(11)15/h7-9H,2-6H2,1H3. The minimum atomic E-state index is -0.482. The fourth-order valence-corrected chi connectivity index (χ4v) is 1.73. The number of hydrogen-bond acceptors (Lipinski definition) is 1. The second-order valence-electron chi connectivity index (χ2n) is 3.86. The van der Waals surface area contributed by atoms with E-state index in [4.69, 9.17) is 11.6 Å². The van der Waals surface area contributed by atoms with Crippen LogP contribution in [0.3, 0.4) is 0 Å². The number of halogens is 2. The van der Waals surface area contributed by atoms with Crippen LogP contribution >= 0.6 is 11.6 Å². The van der Waals surface area contributed by atoms with E-state index in [0.29, 0.717) is 11.4 Å². The molecule has 0 aliphatic heterocycles. The second-order valence-corrected chi connectivity index (χ2v) is 4.29. The monoisotopic (exact) mass is 242 g/mol. The molecule has 3 heteroatoms. The summed E-state index contributed by atoms with van der Waals surface area (Å²) in [6.07, 6.45) is 4.48. The van der Waals surface area contributed by atoms with E-state index in [-0.39, 0.29) is 11.3 Å². The lowest BCUT2D eigenvalue weighted by Gasteiger charge is -2.03. The molecule has 0 aliphatic carbocycles. The molecule has 0 unspecified atom stereocenters. The summed E-state index contributed by atoms with van der Waals surface area (Å²) in [6, 6.07) is 4.09. The molecule has 0 atom stereocenters. The van der Waals surface area contributed by atoms with Gasteiger partial charge in [-0.2, -0.15) is 0 Å². The first kappa shape index (κ1) is 13.2. The van der Waals surface area contributed by atoms with Crippen LogP contribution in [0.1, 0.15) is 49.4 Å². The number of ketones is 1. The highest BCUT2D eigenvalue weighted by Gasteiger charge is 2.11. The second kappa shape index (κ2) is 6.64. The highest BCUT2D eigenvalue weighted by atomic mass is 35.5. The van der Waals surface area contributed by atoms with Crippen molar-refractivity contribution in [3.05, 3.63) is 34.6 Å². The van der Waals surface area contributed by atoms with Gasteiger partial charge in [0, 0.05) is 11.4 Å². The largest absolute Gasteiger partial charge is 0.294 e. The van der Waals surface area contributed by atoms with Crippen LogP contribution in [0.2, 0.25) is 5.02 Å². The number of Topliss-reactive ketones (excluding diaryl/α,β-unsaturated/α-hetero) is 1. The van der Waals surface area contributed by atoms with Gasteiger partial charge < -0.3 is 0 Å². The van der Waals surface area contributed by atoms with Crippen LogP contribution in [0.25, 0.3) is 0 Å². The maximum atomic E-state index is 13.3. The highest BCUT2D eigenvalue weighted by molar-refractivity contribution is 6.31. The summed E-state index contributed by atoms with van der Waals surface area (Å²) in [5.74, 6) is -0.638. The van der Waals surface area contributed by atoms with Gasteiger partial charge in [-0.25, -0.2) is 4.39 Å². The average molecular weight is 243 g/mol. The number of carbonyl (C=O) groups excluding carboxylic acids is 1. The van der Waals surface area contributed by atoms with Crippen LogP contribution < -0.4 is 0 Å². The van der Waals surface area contributed by atoms with Crippen molar-refractivity contribution in [1.82, 2.24) is 0 Å². The van der Waals surface area contributed by atoms with E-state index in [1.807, 2.05) is 0 Å². The predicted octanol–water partition coefficient (Wildman–Crippen LogP) is 4.63. The van der Waals surface area contributed by atoms with Crippen LogP contribution in [0.4, 0.5) is 4.39 Å². The highest BCUT2D eigenvalue weighted by Crippen LogP contribution is 2.17. The Morgan fingerprint density at radius 3 is 2.75 bits per heavy atom. The van der Waals surface area contributed by atoms with Crippen molar-refractivity contribution in [2.24, 2.45) is 0 Å². The van der Waals surface area contributed by atoms with E-state index in [1.165, 1.54) is 18.2 Å². The van der Waals surface area contributed by atoms with Crippen LogP contribution in [0.15, 0.2) is 18.2 Å². The number of hydrogen-bond donors (Lipinski definition) is 0. The third-order valence-electron chi connectivity index (χ3n) is 2.49. The van der Waals surface area contributed by atoms with Crippen LogP contribution in [0, 0.1) is 5.82 Å². The molecular weight excluding hydrogens is 227 g/mol. The summed E-state index contributed by atoms with van der Waals surface area (Å²) in [4.78, 5) is 11.7. The molecule has 0 amide bonds. The summed E-state index contributed by atoms with van der Waals surface area (Å²) in [5.41, 5.74) is 0.115. The first-order chi connectivity index (χ1) is 7.65. The van der Waals surface area contributed by atoms with E-state index in [0.717, 1.165) is 25.7 Å². The molecule has 88 valence electrons. The Balaban J connectivity index is 2.55. The van der Waals surface area contributed by atoms with E-state index >= 15 is 0 Å². The Morgan fingerprint density at radius 2 is 2.06 bits per heavy atom. The quantitative estimate of drug-likeness (QED) is 0.525. The number of rotatable bonds is 6. The molecule has 0 bridgehead atoms. The van der Waals surface area contributed by atoms with Gasteiger partial charge in [-0.05, 0) is 24.6 Å². The Bertz CT molecular complexity index is 363. The molecule has 0 saturated heterocycles. The van der Waals surface area contributed by atoms with Gasteiger partial charge in [0.25, 0.3) is 0 Å². The van der Waals surface area contributed by atoms with Crippen molar-refractivity contribution in [3.8, 4) is 0 Å². The van der Waals surface area contributed by atoms with E-state index < -0.39 is 5.82 Å². The topological polar surface area (TPSA) is 17.1 Å². The van der Waals surface area contributed by atoms with Crippen molar-refractivity contribution in [2.75, 3.05) is 0 Å². The van der Waals surface area contributed by atoms with E-state index in [1.54, 1.807) is 0 Å². The molecular formula is C13H16ClFO. The zero-order valence-corrected chi connectivity index (χ0v) is 10.2. The zero-order valence-electron chi connectivity index (χ0n) is 9.43. The minimum Gasteiger partial charge on any atom is -0.294 e. The Labute approximate surface area is 101 Å². The summed E-state index contributed by atoms with van der Waals surface area (Å²) < 4.78 is 13.3. The van der Waals surface area contributed by atoms with Gasteiger partial charge in [0.05, 0.1) is 5.56 Å². The van der Waals surface area contributed by atoms with E-state index in [9.17, 15) is 9.18 Å². The first-order valence-electron chi connectivity index (χ1n) is 5.63. The lowest BCUT2D eigenvalue weighted by Crippen LogP contribution is -2.02. The normalized spacial score (nSPS) is 10.4. The molecule has 0 spiro atoms. The van der Waals surface area contributed by atoms with Gasteiger partial charge in [0.1, 0.15) is 5.82 Å². The molecule has 0 aliphatic rings. The van der Waals surface area contributed by atoms with Crippen LogP contribution in [0.5, 0.6) is 0 Å². The molecule has 0 saturated carbocycles. The van der Waals surface area contributed by atoms with Crippen molar-refractivity contribution in [2.45, 2.75) is 39.0 Å². The van der Waals surface area contributed by atoms with Crippen LogP contribution in [-0.2, 0) is 0 Å². The molecule has 1 nitrogen and oxygen atoms in total. The SMILES string of the molecule is CCCCCCC(=O)c1cc(Cl)ccc1F. The van der Waals surface area contributed by atoms with Gasteiger partial charge in [-0.1, -0.05) is 37.8 Å². The van der Waals surface area contributed by atoms with Crippen molar-refractivity contribution in [1.29, 1.82) is 0 Å².